The third-order valence-corrected chi connectivity index (χ3v) is 3.40. The summed E-state index contributed by atoms with van der Waals surface area (Å²) in [5, 5.41) is 8.84. The van der Waals surface area contributed by atoms with Crippen LogP contribution in [0.3, 0.4) is 0 Å². The topological polar surface area (TPSA) is 30.7 Å². The number of hydrogen-bond donors (Lipinski definition) is 0. The molecule has 0 aromatic carbocycles. The average molecular weight is 256 g/mol. The fourth-order valence-corrected chi connectivity index (χ4v) is 3.17. The highest BCUT2D eigenvalue weighted by Gasteiger charge is 2.37. The monoisotopic (exact) mass is 255 g/mol. The smallest absolute Gasteiger partial charge is 0.225 e. The normalized spacial score (nSPS) is 17.5. The summed E-state index contributed by atoms with van der Waals surface area (Å²) in [6.07, 6.45) is 3.50. The Kier molecular flexibility index (Phi) is 3.01. The van der Waals surface area contributed by atoms with Crippen molar-refractivity contribution in [2.75, 3.05) is 0 Å². The highest BCUT2D eigenvalue weighted by molar-refractivity contribution is 6.28. The second-order valence-electron chi connectivity index (χ2n) is 6.99. The molecule has 0 amide bonds. The van der Waals surface area contributed by atoms with E-state index in [1.54, 1.807) is 0 Å². The maximum absolute atomic E-state index is 6.22. The summed E-state index contributed by atoms with van der Waals surface area (Å²) in [7, 11) is 0. The lowest BCUT2D eigenvalue weighted by atomic mass is 9.81. The maximum atomic E-state index is 6.22. The van der Waals surface area contributed by atoms with E-state index in [2.05, 4.69) is 49.4 Å². The zero-order chi connectivity index (χ0) is 12.8. The van der Waals surface area contributed by atoms with Crippen LogP contribution < -0.4 is 0 Å². The van der Waals surface area contributed by atoms with Crippen molar-refractivity contribution in [2.24, 2.45) is 5.41 Å². The van der Waals surface area contributed by atoms with Crippen molar-refractivity contribution in [3.63, 3.8) is 0 Å². The van der Waals surface area contributed by atoms with Crippen LogP contribution in [0.15, 0.2) is 0 Å². The molecule has 3 nitrogen and oxygen atoms in total. The van der Waals surface area contributed by atoms with E-state index in [1.807, 2.05) is 0 Å². The summed E-state index contributed by atoms with van der Waals surface area (Å²) < 4.78 is 2.14. The van der Waals surface area contributed by atoms with Gasteiger partial charge in [0.05, 0.1) is 0 Å². The molecule has 1 aromatic rings. The molecule has 0 aliphatic heterocycles. The minimum absolute atomic E-state index is 0.0310. The number of hydrogen-bond acceptors (Lipinski definition) is 2. The first kappa shape index (κ1) is 12.9. The lowest BCUT2D eigenvalue weighted by Crippen LogP contribution is -2.33. The second kappa shape index (κ2) is 3.98. The summed E-state index contributed by atoms with van der Waals surface area (Å²) in [5.41, 5.74) is 0.231. The average Bonchev–Trinajstić information content (AvgIpc) is 2.85. The Balaban J connectivity index is 2.34. The molecule has 2 rings (SSSR count). The molecule has 17 heavy (non-hydrogen) atoms. The van der Waals surface area contributed by atoms with Crippen LogP contribution in [0.2, 0.25) is 5.28 Å². The quantitative estimate of drug-likeness (QED) is 0.818. The molecule has 1 aromatic heterocycles. The van der Waals surface area contributed by atoms with E-state index in [-0.39, 0.29) is 11.0 Å². The molecule has 0 unspecified atom stereocenters. The highest BCUT2D eigenvalue weighted by atomic mass is 35.5. The first-order valence-electron chi connectivity index (χ1n) is 6.32. The standard InChI is InChI=1S/C13H22ClN3/c1-12(2,3)8-13(4,5)17-10(9-6-7-9)15-16-11(17)14/h9H,6-8H2,1-5H3. The van der Waals surface area contributed by atoms with Crippen LogP contribution in [0.4, 0.5) is 0 Å². The van der Waals surface area contributed by atoms with Crippen molar-refractivity contribution >= 4 is 11.6 Å². The number of rotatable bonds is 3. The first-order chi connectivity index (χ1) is 7.71. The van der Waals surface area contributed by atoms with E-state index >= 15 is 0 Å². The number of halogens is 1. The third-order valence-electron chi connectivity index (χ3n) is 3.16. The lowest BCUT2D eigenvalue weighted by molar-refractivity contribution is 0.210. The Bertz CT molecular complexity index is 411. The van der Waals surface area contributed by atoms with Gasteiger partial charge < -0.3 is 0 Å². The zero-order valence-electron chi connectivity index (χ0n) is 11.4. The molecule has 96 valence electrons. The van der Waals surface area contributed by atoms with Gasteiger partial charge in [0.2, 0.25) is 5.28 Å². The van der Waals surface area contributed by atoms with Crippen LogP contribution in [-0.2, 0) is 5.54 Å². The van der Waals surface area contributed by atoms with Crippen molar-refractivity contribution in [3.8, 4) is 0 Å². The molecule has 4 heteroatoms. The number of nitrogens with zero attached hydrogens (tertiary/aromatic N) is 3. The van der Waals surface area contributed by atoms with Crippen molar-refractivity contribution in [1.82, 2.24) is 14.8 Å². The summed E-state index contributed by atoms with van der Waals surface area (Å²) >= 11 is 6.22. The predicted octanol–water partition coefficient (Wildman–Crippen LogP) is 3.98. The van der Waals surface area contributed by atoms with Gasteiger partial charge in [0.1, 0.15) is 5.82 Å². The van der Waals surface area contributed by atoms with Crippen molar-refractivity contribution < 1.29 is 0 Å². The van der Waals surface area contributed by atoms with Gasteiger partial charge in [0.25, 0.3) is 0 Å². The van der Waals surface area contributed by atoms with Crippen LogP contribution in [0.25, 0.3) is 0 Å². The molecule has 0 bridgehead atoms. The summed E-state index contributed by atoms with van der Waals surface area (Å²) in [5.74, 6) is 1.65. The molecule has 0 atom stereocenters. The SMILES string of the molecule is CC(C)(C)CC(C)(C)n1c(Cl)nnc1C1CC1. The molecule has 0 radical (unpaired) electrons. The molecule has 0 N–H and O–H groups in total. The van der Waals surface area contributed by atoms with E-state index in [4.69, 9.17) is 11.6 Å². The Labute approximate surface area is 109 Å². The van der Waals surface area contributed by atoms with Crippen molar-refractivity contribution in [2.45, 2.75) is 65.3 Å². The zero-order valence-corrected chi connectivity index (χ0v) is 12.2. The molecule has 1 heterocycles. The molecular formula is C13H22ClN3. The van der Waals surface area contributed by atoms with E-state index < -0.39 is 0 Å². The Morgan fingerprint density at radius 1 is 1.18 bits per heavy atom. The minimum atomic E-state index is -0.0310. The predicted molar refractivity (Wildman–Crippen MR) is 70.4 cm³/mol. The summed E-state index contributed by atoms with van der Waals surface area (Å²) in [6, 6.07) is 0. The van der Waals surface area contributed by atoms with Gasteiger partial charge in [-0.3, -0.25) is 4.57 Å². The van der Waals surface area contributed by atoms with Crippen molar-refractivity contribution in [3.05, 3.63) is 11.1 Å². The lowest BCUT2D eigenvalue weighted by Gasteiger charge is -2.34. The van der Waals surface area contributed by atoms with Crippen LogP contribution >= 0.6 is 11.6 Å². The fraction of sp³-hybridized carbons (Fsp3) is 0.846. The molecule has 1 fully saturated rings. The molecule has 0 saturated heterocycles. The van der Waals surface area contributed by atoms with Crippen LogP contribution in [0.1, 0.15) is 65.6 Å². The second-order valence-corrected chi connectivity index (χ2v) is 7.32. The molecule has 1 aliphatic carbocycles. The Hall–Kier alpha value is -0.570. The minimum Gasteiger partial charge on any atom is -0.296 e. The summed E-state index contributed by atoms with van der Waals surface area (Å²) in [6.45, 7) is 11.2. The van der Waals surface area contributed by atoms with Crippen LogP contribution in [-0.4, -0.2) is 14.8 Å². The van der Waals surface area contributed by atoms with Gasteiger partial charge in [-0.15, -0.1) is 10.2 Å². The van der Waals surface area contributed by atoms with Gasteiger partial charge in [-0.2, -0.15) is 0 Å². The van der Waals surface area contributed by atoms with Gasteiger partial charge in [-0.25, -0.2) is 0 Å². The van der Waals surface area contributed by atoms with E-state index in [0.717, 1.165) is 12.2 Å². The molecule has 1 aliphatic rings. The fourth-order valence-electron chi connectivity index (χ4n) is 2.82. The van der Waals surface area contributed by atoms with E-state index in [0.29, 0.717) is 11.2 Å². The van der Waals surface area contributed by atoms with E-state index in [9.17, 15) is 0 Å². The van der Waals surface area contributed by atoms with Crippen LogP contribution in [0.5, 0.6) is 0 Å². The first-order valence-corrected chi connectivity index (χ1v) is 6.70. The van der Waals surface area contributed by atoms with Gasteiger partial charge >= 0.3 is 0 Å². The largest absolute Gasteiger partial charge is 0.296 e. The van der Waals surface area contributed by atoms with Crippen molar-refractivity contribution in [1.29, 1.82) is 0 Å². The van der Waals surface area contributed by atoms with Gasteiger partial charge in [-0.1, -0.05) is 20.8 Å². The van der Waals surface area contributed by atoms with Gasteiger partial charge in [0.15, 0.2) is 0 Å². The maximum Gasteiger partial charge on any atom is 0.225 e. The van der Waals surface area contributed by atoms with Crippen LogP contribution in [0, 0.1) is 5.41 Å². The third kappa shape index (κ3) is 2.82. The van der Waals surface area contributed by atoms with Gasteiger partial charge in [0, 0.05) is 11.5 Å². The van der Waals surface area contributed by atoms with E-state index in [1.165, 1.54) is 12.8 Å². The Morgan fingerprint density at radius 2 is 1.76 bits per heavy atom. The summed E-state index contributed by atoms with van der Waals surface area (Å²) in [4.78, 5) is 0. The molecule has 0 spiro atoms. The molecular weight excluding hydrogens is 234 g/mol. The Morgan fingerprint density at radius 3 is 2.24 bits per heavy atom. The molecule has 1 saturated carbocycles. The number of aromatic nitrogens is 3. The van der Waals surface area contributed by atoms with Gasteiger partial charge in [-0.05, 0) is 50.1 Å². The highest BCUT2D eigenvalue weighted by Crippen LogP contribution is 2.43.